The first-order chi connectivity index (χ1) is 6.20. The standard InChI is InChI=1S/C9H18N2O2/c1-7(9(10)12)11-6-8-4-2-3-5-13-8/h7-8,11H,2-6H2,1H3,(H2,10,12). The van der Waals surface area contributed by atoms with Crippen molar-refractivity contribution in [3.63, 3.8) is 0 Å². The zero-order chi connectivity index (χ0) is 9.68. The molecule has 4 nitrogen and oxygen atoms in total. The van der Waals surface area contributed by atoms with E-state index in [4.69, 9.17) is 10.5 Å². The van der Waals surface area contributed by atoms with Crippen LogP contribution in [0.25, 0.3) is 0 Å². The van der Waals surface area contributed by atoms with Gasteiger partial charge in [-0.3, -0.25) is 4.79 Å². The molecule has 2 unspecified atom stereocenters. The van der Waals surface area contributed by atoms with Crippen LogP contribution in [0.1, 0.15) is 26.2 Å². The first-order valence-corrected chi connectivity index (χ1v) is 4.84. The van der Waals surface area contributed by atoms with Crippen LogP contribution in [0.15, 0.2) is 0 Å². The van der Waals surface area contributed by atoms with Crippen LogP contribution in [-0.2, 0) is 9.53 Å². The van der Waals surface area contributed by atoms with Crippen LogP contribution in [-0.4, -0.2) is 31.2 Å². The second-order valence-electron chi connectivity index (χ2n) is 3.52. The molecule has 0 aliphatic carbocycles. The minimum absolute atomic E-state index is 0.259. The number of ether oxygens (including phenoxy) is 1. The van der Waals surface area contributed by atoms with Gasteiger partial charge in [-0.2, -0.15) is 0 Å². The maximum atomic E-state index is 10.7. The number of carbonyl (C=O) groups is 1. The molecule has 0 spiro atoms. The van der Waals surface area contributed by atoms with Crippen molar-refractivity contribution in [2.45, 2.75) is 38.3 Å². The Kier molecular flexibility index (Phi) is 4.18. The van der Waals surface area contributed by atoms with Gasteiger partial charge in [0.15, 0.2) is 0 Å². The second-order valence-corrected chi connectivity index (χ2v) is 3.52. The van der Waals surface area contributed by atoms with Gasteiger partial charge >= 0.3 is 0 Å². The van der Waals surface area contributed by atoms with Gasteiger partial charge in [-0.25, -0.2) is 0 Å². The van der Waals surface area contributed by atoms with E-state index in [9.17, 15) is 4.79 Å². The summed E-state index contributed by atoms with van der Waals surface area (Å²) in [6, 6.07) is -0.259. The lowest BCUT2D eigenvalue weighted by molar-refractivity contribution is -0.119. The molecule has 1 aliphatic heterocycles. The molecule has 3 N–H and O–H groups in total. The van der Waals surface area contributed by atoms with Crippen LogP contribution in [0.5, 0.6) is 0 Å². The van der Waals surface area contributed by atoms with Crippen LogP contribution >= 0.6 is 0 Å². The van der Waals surface area contributed by atoms with E-state index in [2.05, 4.69) is 5.32 Å². The van der Waals surface area contributed by atoms with Gasteiger partial charge in [-0.05, 0) is 26.2 Å². The fraction of sp³-hybridized carbons (Fsp3) is 0.889. The maximum Gasteiger partial charge on any atom is 0.234 e. The Bertz CT molecular complexity index is 167. The number of hydrogen-bond donors (Lipinski definition) is 2. The summed E-state index contributed by atoms with van der Waals surface area (Å²) < 4.78 is 5.49. The van der Waals surface area contributed by atoms with Gasteiger partial charge in [-0.1, -0.05) is 0 Å². The average molecular weight is 186 g/mol. The van der Waals surface area contributed by atoms with Crippen molar-refractivity contribution in [2.75, 3.05) is 13.2 Å². The predicted octanol–water partition coefficient (Wildman–Crippen LogP) is 0.0189. The summed E-state index contributed by atoms with van der Waals surface area (Å²) in [5.74, 6) is -0.309. The predicted molar refractivity (Wildman–Crippen MR) is 50.3 cm³/mol. The highest BCUT2D eigenvalue weighted by atomic mass is 16.5. The molecule has 4 heteroatoms. The van der Waals surface area contributed by atoms with Crippen LogP contribution in [0.4, 0.5) is 0 Å². The number of rotatable bonds is 4. The summed E-state index contributed by atoms with van der Waals surface area (Å²) in [6.45, 7) is 3.34. The fourth-order valence-corrected chi connectivity index (χ4v) is 1.38. The normalized spacial score (nSPS) is 25.5. The molecule has 13 heavy (non-hydrogen) atoms. The molecular weight excluding hydrogens is 168 g/mol. The first-order valence-electron chi connectivity index (χ1n) is 4.84. The van der Waals surface area contributed by atoms with Gasteiger partial charge in [0.1, 0.15) is 0 Å². The van der Waals surface area contributed by atoms with E-state index in [1.165, 1.54) is 6.42 Å². The van der Waals surface area contributed by atoms with Crippen molar-refractivity contribution in [1.29, 1.82) is 0 Å². The van der Waals surface area contributed by atoms with Crippen LogP contribution in [0, 0.1) is 0 Å². The monoisotopic (exact) mass is 186 g/mol. The van der Waals surface area contributed by atoms with Crippen molar-refractivity contribution < 1.29 is 9.53 Å². The quantitative estimate of drug-likeness (QED) is 0.650. The van der Waals surface area contributed by atoms with E-state index in [0.29, 0.717) is 0 Å². The Morgan fingerprint density at radius 1 is 1.69 bits per heavy atom. The summed E-state index contributed by atoms with van der Waals surface area (Å²) in [5.41, 5.74) is 5.11. The number of hydrogen-bond acceptors (Lipinski definition) is 3. The molecule has 0 saturated carbocycles. The highest BCUT2D eigenvalue weighted by Gasteiger charge is 2.15. The minimum Gasteiger partial charge on any atom is -0.377 e. The fourth-order valence-electron chi connectivity index (χ4n) is 1.38. The summed E-state index contributed by atoms with van der Waals surface area (Å²) in [4.78, 5) is 10.7. The lowest BCUT2D eigenvalue weighted by atomic mass is 10.1. The topological polar surface area (TPSA) is 64.3 Å². The Hall–Kier alpha value is -0.610. The van der Waals surface area contributed by atoms with Gasteiger partial charge < -0.3 is 15.8 Å². The van der Waals surface area contributed by atoms with Gasteiger partial charge in [-0.15, -0.1) is 0 Å². The van der Waals surface area contributed by atoms with E-state index in [1.54, 1.807) is 6.92 Å². The molecule has 1 fully saturated rings. The smallest absolute Gasteiger partial charge is 0.234 e. The molecule has 1 amide bonds. The van der Waals surface area contributed by atoms with Gasteiger partial charge in [0.2, 0.25) is 5.91 Å². The third kappa shape index (κ3) is 3.74. The number of primary amides is 1. The maximum absolute atomic E-state index is 10.7. The van der Waals surface area contributed by atoms with Crippen LogP contribution < -0.4 is 11.1 Å². The van der Waals surface area contributed by atoms with Gasteiger partial charge in [0, 0.05) is 13.2 Å². The van der Waals surface area contributed by atoms with E-state index >= 15 is 0 Å². The Labute approximate surface area is 78.8 Å². The van der Waals surface area contributed by atoms with Crippen LogP contribution in [0.2, 0.25) is 0 Å². The average Bonchev–Trinajstić information content (AvgIpc) is 2.15. The summed E-state index contributed by atoms with van der Waals surface area (Å²) >= 11 is 0. The summed E-state index contributed by atoms with van der Waals surface area (Å²) in [6.07, 6.45) is 3.72. The molecule has 2 atom stereocenters. The van der Waals surface area contributed by atoms with Crippen molar-refractivity contribution >= 4 is 5.91 Å². The molecule has 76 valence electrons. The second kappa shape index (κ2) is 5.19. The number of amides is 1. The zero-order valence-electron chi connectivity index (χ0n) is 8.08. The molecule has 1 rings (SSSR count). The zero-order valence-corrected chi connectivity index (χ0v) is 8.08. The van der Waals surface area contributed by atoms with E-state index in [0.717, 1.165) is 26.0 Å². The summed E-state index contributed by atoms with van der Waals surface area (Å²) in [7, 11) is 0. The third-order valence-electron chi connectivity index (χ3n) is 2.35. The molecule has 0 radical (unpaired) electrons. The largest absolute Gasteiger partial charge is 0.377 e. The Morgan fingerprint density at radius 3 is 3.00 bits per heavy atom. The van der Waals surface area contributed by atoms with Crippen molar-refractivity contribution in [2.24, 2.45) is 5.73 Å². The highest BCUT2D eigenvalue weighted by molar-refractivity contribution is 5.79. The van der Waals surface area contributed by atoms with E-state index in [-0.39, 0.29) is 18.1 Å². The third-order valence-corrected chi connectivity index (χ3v) is 2.35. The Balaban J connectivity index is 2.13. The van der Waals surface area contributed by atoms with Crippen molar-refractivity contribution in [1.82, 2.24) is 5.32 Å². The molecule has 1 saturated heterocycles. The van der Waals surface area contributed by atoms with Crippen LogP contribution in [0.3, 0.4) is 0 Å². The molecule has 0 aromatic carbocycles. The van der Waals surface area contributed by atoms with E-state index < -0.39 is 0 Å². The molecule has 0 bridgehead atoms. The van der Waals surface area contributed by atoms with Gasteiger partial charge in [0.25, 0.3) is 0 Å². The number of nitrogens with one attached hydrogen (secondary N) is 1. The number of carbonyl (C=O) groups excluding carboxylic acids is 1. The van der Waals surface area contributed by atoms with Crippen molar-refractivity contribution in [3.05, 3.63) is 0 Å². The molecule has 1 heterocycles. The summed E-state index contributed by atoms with van der Waals surface area (Å²) in [5, 5.41) is 3.05. The lowest BCUT2D eigenvalue weighted by Gasteiger charge is -2.23. The number of nitrogens with two attached hydrogens (primary N) is 1. The Morgan fingerprint density at radius 2 is 2.46 bits per heavy atom. The minimum atomic E-state index is -0.309. The van der Waals surface area contributed by atoms with Crippen molar-refractivity contribution in [3.8, 4) is 0 Å². The van der Waals surface area contributed by atoms with Gasteiger partial charge in [0.05, 0.1) is 12.1 Å². The van der Waals surface area contributed by atoms with E-state index in [1.807, 2.05) is 0 Å². The molecule has 0 aromatic rings. The molecule has 1 aliphatic rings. The first kappa shape index (κ1) is 10.5. The SMILES string of the molecule is CC(NCC1CCCCO1)C(N)=O. The highest BCUT2D eigenvalue weighted by Crippen LogP contribution is 2.11. The molecule has 0 aromatic heterocycles. The molecular formula is C9H18N2O2. The lowest BCUT2D eigenvalue weighted by Crippen LogP contribution is -2.43.